The predicted octanol–water partition coefficient (Wildman–Crippen LogP) is 1.96. The molecule has 1 fully saturated rings. The summed E-state index contributed by atoms with van der Waals surface area (Å²) < 4.78 is 5.20. The Morgan fingerprint density at radius 2 is 2.11 bits per heavy atom. The first-order chi connectivity index (χ1) is 9.17. The number of methoxy groups -OCH3 is 1. The molecule has 1 heterocycles. The van der Waals surface area contributed by atoms with E-state index in [1.807, 2.05) is 17.9 Å². The third-order valence-corrected chi connectivity index (χ3v) is 3.69. The topological polar surface area (TPSA) is 41.6 Å². The highest BCUT2D eigenvalue weighted by molar-refractivity contribution is 6.32. The second-order valence-corrected chi connectivity index (χ2v) is 4.95. The second kappa shape index (κ2) is 6.26. The van der Waals surface area contributed by atoms with E-state index < -0.39 is 0 Å². The molecule has 1 aromatic carbocycles. The van der Waals surface area contributed by atoms with Crippen molar-refractivity contribution in [2.24, 2.45) is 0 Å². The fourth-order valence-corrected chi connectivity index (χ4v) is 2.52. The van der Waals surface area contributed by atoms with E-state index in [-0.39, 0.29) is 5.91 Å². The monoisotopic (exact) mass is 282 g/mol. The van der Waals surface area contributed by atoms with Crippen LogP contribution in [0.1, 0.15) is 22.8 Å². The van der Waals surface area contributed by atoms with Gasteiger partial charge in [-0.3, -0.25) is 4.79 Å². The van der Waals surface area contributed by atoms with Crippen LogP contribution in [0.4, 0.5) is 0 Å². The molecule has 5 heteroatoms. The minimum absolute atomic E-state index is 0.0582. The zero-order valence-corrected chi connectivity index (χ0v) is 12.1. The molecule has 4 nitrogen and oxygen atoms in total. The molecule has 1 saturated heterocycles. The summed E-state index contributed by atoms with van der Waals surface area (Å²) in [7, 11) is 1.58. The number of halogens is 1. The number of aryl methyl sites for hydroxylation is 1. The zero-order chi connectivity index (χ0) is 13.8. The maximum Gasteiger partial charge on any atom is 0.254 e. The van der Waals surface area contributed by atoms with Crippen LogP contribution >= 0.6 is 11.6 Å². The molecular weight excluding hydrogens is 264 g/mol. The Hall–Kier alpha value is -1.26. The van der Waals surface area contributed by atoms with E-state index in [1.54, 1.807) is 13.2 Å². The molecule has 0 unspecified atom stereocenters. The number of benzene rings is 1. The van der Waals surface area contributed by atoms with Crippen molar-refractivity contribution in [3.8, 4) is 5.75 Å². The number of rotatable bonds is 3. The van der Waals surface area contributed by atoms with Gasteiger partial charge in [-0.05, 0) is 24.1 Å². The molecule has 0 spiro atoms. The van der Waals surface area contributed by atoms with Gasteiger partial charge in [0.1, 0.15) is 5.75 Å². The molecule has 0 bridgehead atoms. The van der Waals surface area contributed by atoms with Crippen LogP contribution in [0.5, 0.6) is 5.75 Å². The maximum absolute atomic E-state index is 12.5. The Kier molecular flexibility index (Phi) is 4.66. The molecule has 0 atom stereocenters. The van der Waals surface area contributed by atoms with E-state index in [0.29, 0.717) is 16.3 Å². The summed E-state index contributed by atoms with van der Waals surface area (Å²) in [5, 5.41) is 3.72. The summed E-state index contributed by atoms with van der Waals surface area (Å²) >= 11 is 6.13. The van der Waals surface area contributed by atoms with E-state index in [2.05, 4.69) is 5.32 Å². The van der Waals surface area contributed by atoms with Gasteiger partial charge in [-0.15, -0.1) is 0 Å². The highest BCUT2D eigenvalue weighted by Crippen LogP contribution is 2.29. The Labute approximate surface area is 118 Å². The van der Waals surface area contributed by atoms with Gasteiger partial charge in [0.15, 0.2) is 0 Å². The summed E-state index contributed by atoms with van der Waals surface area (Å²) in [5.41, 5.74) is 1.67. The highest BCUT2D eigenvalue weighted by atomic mass is 35.5. The quantitative estimate of drug-likeness (QED) is 0.921. The van der Waals surface area contributed by atoms with Crippen molar-refractivity contribution < 1.29 is 9.53 Å². The lowest BCUT2D eigenvalue weighted by Crippen LogP contribution is -2.46. The molecule has 1 amide bonds. The maximum atomic E-state index is 12.5. The van der Waals surface area contributed by atoms with Crippen molar-refractivity contribution in [3.05, 3.63) is 28.3 Å². The van der Waals surface area contributed by atoms with E-state index in [0.717, 1.165) is 38.2 Å². The summed E-state index contributed by atoms with van der Waals surface area (Å²) in [4.78, 5) is 14.4. The number of nitrogens with zero attached hydrogens (tertiary/aromatic N) is 1. The Morgan fingerprint density at radius 3 is 2.68 bits per heavy atom. The first-order valence-electron chi connectivity index (χ1n) is 6.53. The molecule has 1 N–H and O–H groups in total. The van der Waals surface area contributed by atoms with Crippen LogP contribution in [0.3, 0.4) is 0 Å². The van der Waals surface area contributed by atoms with Crippen LogP contribution in [0, 0.1) is 0 Å². The molecule has 1 aliphatic rings. The van der Waals surface area contributed by atoms with Crippen LogP contribution in [-0.4, -0.2) is 44.1 Å². The minimum atomic E-state index is 0.0582. The predicted molar refractivity (Wildman–Crippen MR) is 76.2 cm³/mol. The number of hydrogen-bond donors (Lipinski definition) is 1. The van der Waals surface area contributed by atoms with Gasteiger partial charge in [-0.25, -0.2) is 0 Å². The van der Waals surface area contributed by atoms with Crippen LogP contribution in [0.15, 0.2) is 12.1 Å². The lowest BCUT2D eigenvalue weighted by Gasteiger charge is -2.28. The van der Waals surface area contributed by atoms with Crippen molar-refractivity contribution in [3.63, 3.8) is 0 Å². The van der Waals surface area contributed by atoms with Gasteiger partial charge in [-0.1, -0.05) is 18.5 Å². The number of hydrogen-bond acceptors (Lipinski definition) is 3. The van der Waals surface area contributed by atoms with Crippen molar-refractivity contribution >= 4 is 17.5 Å². The van der Waals surface area contributed by atoms with E-state index in [1.165, 1.54) is 0 Å². The van der Waals surface area contributed by atoms with Crippen LogP contribution < -0.4 is 10.1 Å². The van der Waals surface area contributed by atoms with Gasteiger partial charge in [0.25, 0.3) is 5.91 Å². The van der Waals surface area contributed by atoms with Gasteiger partial charge < -0.3 is 15.0 Å². The van der Waals surface area contributed by atoms with Crippen LogP contribution in [0.2, 0.25) is 5.02 Å². The third kappa shape index (κ3) is 3.01. The molecule has 0 radical (unpaired) electrons. The summed E-state index contributed by atoms with van der Waals surface area (Å²) in [6.07, 6.45) is 0.778. The number of amides is 1. The van der Waals surface area contributed by atoms with Crippen molar-refractivity contribution in [2.75, 3.05) is 33.3 Å². The summed E-state index contributed by atoms with van der Waals surface area (Å²) in [5.74, 6) is 0.679. The SMILES string of the molecule is CCc1cc(OC)c(Cl)cc1C(=O)N1CCNCC1. The number of piperazine rings is 1. The fraction of sp³-hybridized carbons (Fsp3) is 0.500. The van der Waals surface area contributed by atoms with Gasteiger partial charge in [0, 0.05) is 31.7 Å². The standard InChI is InChI=1S/C14H19ClN2O2/c1-3-10-8-13(19-2)12(15)9-11(10)14(18)17-6-4-16-5-7-17/h8-9,16H,3-7H2,1-2H3. The van der Waals surface area contributed by atoms with E-state index >= 15 is 0 Å². The van der Waals surface area contributed by atoms with Gasteiger partial charge in [-0.2, -0.15) is 0 Å². The molecule has 104 valence electrons. The third-order valence-electron chi connectivity index (χ3n) is 3.39. The van der Waals surface area contributed by atoms with Gasteiger partial charge in [0.05, 0.1) is 12.1 Å². The second-order valence-electron chi connectivity index (χ2n) is 4.54. The van der Waals surface area contributed by atoms with Gasteiger partial charge in [0.2, 0.25) is 0 Å². The summed E-state index contributed by atoms with van der Waals surface area (Å²) in [6.45, 7) is 5.20. The molecular formula is C14H19ClN2O2. The first-order valence-corrected chi connectivity index (χ1v) is 6.91. The van der Waals surface area contributed by atoms with Crippen LogP contribution in [0.25, 0.3) is 0 Å². The first kappa shape index (κ1) is 14.2. The highest BCUT2D eigenvalue weighted by Gasteiger charge is 2.21. The minimum Gasteiger partial charge on any atom is -0.495 e. The molecule has 2 rings (SSSR count). The molecule has 1 aliphatic heterocycles. The average Bonchev–Trinajstić information content (AvgIpc) is 2.47. The number of carbonyl (C=O) groups excluding carboxylic acids is 1. The van der Waals surface area contributed by atoms with Crippen molar-refractivity contribution in [1.82, 2.24) is 10.2 Å². The number of carbonyl (C=O) groups is 1. The van der Waals surface area contributed by atoms with Gasteiger partial charge >= 0.3 is 0 Å². The molecule has 19 heavy (non-hydrogen) atoms. The average molecular weight is 283 g/mol. The van der Waals surface area contributed by atoms with E-state index in [4.69, 9.17) is 16.3 Å². The lowest BCUT2D eigenvalue weighted by atomic mass is 10.0. The molecule has 1 aromatic rings. The lowest BCUT2D eigenvalue weighted by molar-refractivity contribution is 0.0734. The van der Waals surface area contributed by atoms with E-state index in [9.17, 15) is 4.79 Å². The molecule has 0 saturated carbocycles. The number of ether oxygens (including phenoxy) is 1. The van der Waals surface area contributed by atoms with Crippen molar-refractivity contribution in [2.45, 2.75) is 13.3 Å². The smallest absolute Gasteiger partial charge is 0.254 e. The fourth-order valence-electron chi connectivity index (χ4n) is 2.28. The summed E-state index contributed by atoms with van der Waals surface area (Å²) in [6, 6.07) is 3.58. The molecule has 0 aliphatic carbocycles. The van der Waals surface area contributed by atoms with Crippen molar-refractivity contribution in [1.29, 1.82) is 0 Å². The zero-order valence-electron chi connectivity index (χ0n) is 11.3. The number of nitrogens with one attached hydrogen (secondary N) is 1. The normalized spacial score (nSPS) is 15.4. The largest absolute Gasteiger partial charge is 0.495 e. The Morgan fingerprint density at radius 1 is 1.42 bits per heavy atom. The Bertz CT molecular complexity index is 471. The Balaban J connectivity index is 2.32. The molecule has 0 aromatic heterocycles. The van der Waals surface area contributed by atoms with Crippen LogP contribution in [-0.2, 0) is 6.42 Å².